The summed E-state index contributed by atoms with van der Waals surface area (Å²) >= 11 is 7.52. The molecule has 0 bridgehead atoms. The topological polar surface area (TPSA) is 93.9 Å². The van der Waals surface area contributed by atoms with Crippen LogP contribution in [0.15, 0.2) is 30.5 Å². The van der Waals surface area contributed by atoms with Gasteiger partial charge in [-0.25, -0.2) is 14.2 Å². The number of hydrogen-bond acceptors (Lipinski definition) is 7. The highest BCUT2D eigenvalue weighted by Gasteiger charge is 2.17. The maximum atomic E-state index is 8.69. The molecule has 0 aliphatic rings. The summed E-state index contributed by atoms with van der Waals surface area (Å²) in [5.41, 5.74) is 3.29. The van der Waals surface area contributed by atoms with Gasteiger partial charge in [-0.05, 0) is 19.1 Å². The van der Waals surface area contributed by atoms with Crippen molar-refractivity contribution in [1.82, 2.24) is 29.6 Å². The van der Waals surface area contributed by atoms with Gasteiger partial charge >= 0.3 is 0 Å². The Morgan fingerprint density at radius 1 is 1.26 bits per heavy atom. The van der Waals surface area contributed by atoms with E-state index in [1.54, 1.807) is 6.20 Å². The average molecular weight is 400 g/mol. The molecule has 0 saturated carbocycles. The van der Waals surface area contributed by atoms with Gasteiger partial charge in [-0.3, -0.25) is 0 Å². The van der Waals surface area contributed by atoms with Gasteiger partial charge in [0.1, 0.15) is 17.2 Å². The molecule has 3 heterocycles. The number of nitriles is 1. The third-order valence-corrected chi connectivity index (χ3v) is 4.90. The first-order valence-corrected chi connectivity index (χ1v) is 9.28. The molecule has 0 aliphatic carbocycles. The monoisotopic (exact) mass is 399 g/mol. The minimum Gasteiger partial charge on any atom is -0.369 e. The fourth-order valence-electron chi connectivity index (χ4n) is 2.66. The number of nitrogens with zero attached hydrogens (tertiary/aromatic N) is 7. The zero-order chi connectivity index (χ0) is 18.8. The zero-order valence-corrected chi connectivity index (χ0v) is 15.9. The fourth-order valence-corrected chi connectivity index (χ4v) is 3.55. The Labute approximate surface area is 163 Å². The summed E-state index contributed by atoms with van der Waals surface area (Å²) in [6.07, 6.45) is 1.70. The third kappa shape index (κ3) is 3.68. The van der Waals surface area contributed by atoms with Gasteiger partial charge in [-0.15, -0.1) is 5.10 Å². The van der Waals surface area contributed by atoms with Crippen molar-refractivity contribution in [3.05, 3.63) is 51.9 Å². The molecule has 0 N–H and O–H groups in total. The van der Waals surface area contributed by atoms with E-state index in [1.807, 2.05) is 41.8 Å². The van der Waals surface area contributed by atoms with Gasteiger partial charge in [-0.2, -0.15) is 10.4 Å². The quantitative estimate of drug-likeness (QED) is 0.494. The number of aromatic nitrogens is 6. The van der Waals surface area contributed by atoms with Crippen molar-refractivity contribution in [1.29, 1.82) is 5.26 Å². The standard InChI is InChI=1S/C17H14ClN7OS/c1-11-22-25-15(10-26-9-14-8-24(7-6-19)23-21-14)16(20-17(25)27-11)12-2-4-13(18)5-3-12/h2-5,8H,7,9-10H2,1H3. The van der Waals surface area contributed by atoms with Crippen LogP contribution in [0.5, 0.6) is 0 Å². The highest BCUT2D eigenvalue weighted by molar-refractivity contribution is 7.16. The Hall–Kier alpha value is -2.80. The van der Waals surface area contributed by atoms with Crippen molar-refractivity contribution < 1.29 is 4.74 Å². The maximum absolute atomic E-state index is 8.69. The number of aryl methyl sites for hydroxylation is 1. The van der Waals surface area contributed by atoms with Crippen LogP contribution in [-0.2, 0) is 24.5 Å². The summed E-state index contributed by atoms with van der Waals surface area (Å²) in [5.74, 6) is 0. The zero-order valence-electron chi connectivity index (χ0n) is 14.3. The Morgan fingerprint density at radius 3 is 2.85 bits per heavy atom. The minimum absolute atomic E-state index is 0.162. The molecule has 3 aromatic heterocycles. The first-order chi connectivity index (χ1) is 13.1. The fraction of sp³-hybridized carbons (Fsp3) is 0.235. The van der Waals surface area contributed by atoms with Gasteiger partial charge in [0.15, 0.2) is 0 Å². The molecule has 8 nitrogen and oxygen atoms in total. The Kier molecular flexibility index (Phi) is 4.85. The van der Waals surface area contributed by atoms with Crippen LogP contribution >= 0.6 is 22.9 Å². The lowest BCUT2D eigenvalue weighted by atomic mass is 10.1. The lowest BCUT2D eigenvalue weighted by Gasteiger charge is -2.05. The summed E-state index contributed by atoms with van der Waals surface area (Å²) < 4.78 is 9.12. The minimum atomic E-state index is 0.162. The van der Waals surface area contributed by atoms with Crippen molar-refractivity contribution in [2.75, 3.05) is 0 Å². The van der Waals surface area contributed by atoms with Gasteiger partial charge in [0.05, 0.1) is 36.9 Å². The summed E-state index contributed by atoms with van der Waals surface area (Å²) in [7, 11) is 0. The van der Waals surface area contributed by atoms with Gasteiger partial charge in [0, 0.05) is 10.6 Å². The first-order valence-electron chi connectivity index (χ1n) is 8.08. The van der Waals surface area contributed by atoms with Crippen LogP contribution in [0.2, 0.25) is 5.02 Å². The van der Waals surface area contributed by atoms with Crippen molar-refractivity contribution in [2.24, 2.45) is 0 Å². The predicted octanol–water partition coefficient (Wildman–Crippen LogP) is 3.25. The van der Waals surface area contributed by atoms with Gasteiger partial charge in [0.2, 0.25) is 4.96 Å². The Bertz CT molecular complexity index is 1120. The second kappa shape index (κ2) is 7.44. The number of benzene rings is 1. The summed E-state index contributed by atoms with van der Waals surface area (Å²) in [4.78, 5) is 5.53. The van der Waals surface area contributed by atoms with Crippen LogP contribution in [0.25, 0.3) is 16.2 Å². The highest BCUT2D eigenvalue weighted by atomic mass is 35.5. The van der Waals surface area contributed by atoms with E-state index in [1.165, 1.54) is 16.0 Å². The maximum Gasteiger partial charge on any atom is 0.213 e. The van der Waals surface area contributed by atoms with E-state index in [-0.39, 0.29) is 13.2 Å². The van der Waals surface area contributed by atoms with Crippen LogP contribution in [-0.4, -0.2) is 29.6 Å². The summed E-state index contributed by atoms with van der Waals surface area (Å²) in [5, 5.41) is 22.7. The largest absolute Gasteiger partial charge is 0.369 e. The summed E-state index contributed by atoms with van der Waals surface area (Å²) in [6, 6.07) is 9.55. The number of rotatable bonds is 6. The van der Waals surface area contributed by atoms with Gasteiger partial charge in [-0.1, -0.05) is 40.3 Å². The van der Waals surface area contributed by atoms with Gasteiger partial charge < -0.3 is 4.74 Å². The molecule has 1 aromatic carbocycles. The molecule has 0 spiro atoms. The van der Waals surface area contributed by atoms with E-state index in [0.29, 0.717) is 17.3 Å². The SMILES string of the molecule is Cc1nn2c(COCc3cn(CC#N)nn3)c(-c3ccc(Cl)cc3)nc2s1. The molecular formula is C17H14ClN7OS. The number of imidazole rings is 1. The van der Waals surface area contributed by atoms with E-state index in [0.717, 1.165) is 26.9 Å². The molecule has 27 heavy (non-hydrogen) atoms. The van der Waals surface area contributed by atoms with Gasteiger partial charge in [0.25, 0.3) is 0 Å². The van der Waals surface area contributed by atoms with E-state index >= 15 is 0 Å². The molecule has 0 aliphatic heterocycles. The second-order valence-electron chi connectivity index (χ2n) is 5.79. The van der Waals surface area contributed by atoms with Crippen molar-refractivity contribution in [2.45, 2.75) is 26.7 Å². The van der Waals surface area contributed by atoms with E-state index < -0.39 is 0 Å². The number of fused-ring (bicyclic) bond motifs is 1. The molecule has 4 aromatic rings. The first kappa shape index (κ1) is 17.6. The number of halogens is 1. The highest BCUT2D eigenvalue weighted by Crippen LogP contribution is 2.28. The molecule has 0 atom stereocenters. The molecule has 0 amide bonds. The lowest BCUT2D eigenvalue weighted by molar-refractivity contribution is 0.101. The smallest absolute Gasteiger partial charge is 0.213 e. The van der Waals surface area contributed by atoms with Crippen LogP contribution in [0.3, 0.4) is 0 Å². The molecule has 136 valence electrons. The normalized spacial score (nSPS) is 11.1. The van der Waals surface area contributed by atoms with Crippen LogP contribution < -0.4 is 0 Å². The Balaban J connectivity index is 1.58. The molecule has 0 fully saturated rings. The van der Waals surface area contributed by atoms with Crippen LogP contribution in [0.1, 0.15) is 16.4 Å². The van der Waals surface area contributed by atoms with Crippen molar-refractivity contribution in [3.63, 3.8) is 0 Å². The van der Waals surface area contributed by atoms with E-state index in [2.05, 4.69) is 15.4 Å². The third-order valence-electron chi connectivity index (χ3n) is 3.82. The average Bonchev–Trinajstić information content (AvgIpc) is 3.32. The predicted molar refractivity (Wildman–Crippen MR) is 100 cm³/mol. The molecule has 10 heteroatoms. The van der Waals surface area contributed by atoms with Crippen molar-refractivity contribution >= 4 is 27.9 Å². The molecule has 0 radical (unpaired) electrons. The van der Waals surface area contributed by atoms with Crippen LogP contribution in [0, 0.1) is 18.3 Å². The lowest BCUT2D eigenvalue weighted by Crippen LogP contribution is -2.01. The van der Waals surface area contributed by atoms with E-state index in [9.17, 15) is 0 Å². The Morgan fingerprint density at radius 2 is 2.07 bits per heavy atom. The molecular weight excluding hydrogens is 386 g/mol. The number of ether oxygens (including phenoxy) is 1. The van der Waals surface area contributed by atoms with E-state index in [4.69, 9.17) is 26.6 Å². The second-order valence-corrected chi connectivity index (χ2v) is 7.38. The van der Waals surface area contributed by atoms with Crippen molar-refractivity contribution in [3.8, 4) is 17.3 Å². The molecule has 0 saturated heterocycles. The number of hydrogen-bond donors (Lipinski definition) is 0. The van der Waals surface area contributed by atoms with Crippen LogP contribution in [0.4, 0.5) is 0 Å². The molecule has 0 unspecified atom stereocenters. The molecule has 4 rings (SSSR count). The summed E-state index contributed by atoms with van der Waals surface area (Å²) in [6.45, 7) is 2.70.